The predicted octanol–water partition coefficient (Wildman–Crippen LogP) is 4.33. The Balaban J connectivity index is 1.65. The highest BCUT2D eigenvalue weighted by molar-refractivity contribution is 5.94. The fraction of sp³-hybridized carbons (Fsp3) is 0.391. The minimum Gasteiger partial charge on any atom is -0.495 e. The lowest BCUT2D eigenvalue weighted by Gasteiger charge is -2.19. The minimum absolute atomic E-state index is 0.0974. The number of hydrogen-bond acceptors (Lipinski definition) is 5. The largest absolute Gasteiger partial charge is 0.495 e. The van der Waals surface area contributed by atoms with Gasteiger partial charge in [0.1, 0.15) is 11.5 Å². The Morgan fingerprint density at radius 3 is 2.34 bits per heavy atom. The number of carbonyl (C=O) groups is 2. The number of nitrogens with one attached hydrogen (secondary N) is 1. The number of anilines is 1. The van der Waals surface area contributed by atoms with Crippen molar-refractivity contribution in [2.75, 3.05) is 25.6 Å². The van der Waals surface area contributed by atoms with Crippen LogP contribution in [0.25, 0.3) is 0 Å². The third kappa shape index (κ3) is 7.49. The summed E-state index contributed by atoms with van der Waals surface area (Å²) in [5.41, 5.74) is 1.86. The fourth-order valence-corrected chi connectivity index (χ4v) is 2.61. The molecule has 6 heteroatoms. The Labute approximate surface area is 172 Å². The second kappa shape index (κ2) is 10.5. The molecule has 156 valence electrons. The molecule has 0 aliphatic carbocycles. The number of esters is 1. The third-order valence-electron chi connectivity index (χ3n) is 4.26. The molecule has 2 aromatic rings. The minimum atomic E-state index is -0.438. The van der Waals surface area contributed by atoms with Gasteiger partial charge in [0, 0.05) is 6.42 Å². The average Bonchev–Trinajstić information content (AvgIpc) is 2.70. The fourth-order valence-electron chi connectivity index (χ4n) is 2.61. The van der Waals surface area contributed by atoms with Crippen molar-refractivity contribution in [2.45, 2.75) is 39.0 Å². The van der Waals surface area contributed by atoms with Gasteiger partial charge in [-0.3, -0.25) is 9.59 Å². The van der Waals surface area contributed by atoms with Crippen LogP contribution in [0.1, 0.15) is 39.2 Å². The maximum atomic E-state index is 11.9. The number of para-hydroxylation sites is 2. The van der Waals surface area contributed by atoms with Crippen LogP contribution in [0.4, 0.5) is 5.69 Å². The summed E-state index contributed by atoms with van der Waals surface area (Å²) in [5.74, 6) is 0.451. The lowest BCUT2D eigenvalue weighted by atomic mass is 9.87. The van der Waals surface area contributed by atoms with E-state index in [2.05, 4.69) is 26.1 Å². The molecule has 0 atom stereocenters. The van der Waals surface area contributed by atoms with E-state index in [9.17, 15) is 9.59 Å². The lowest BCUT2D eigenvalue weighted by molar-refractivity contribution is -0.147. The van der Waals surface area contributed by atoms with Gasteiger partial charge in [-0.2, -0.15) is 0 Å². The number of methoxy groups -OCH3 is 1. The summed E-state index contributed by atoms with van der Waals surface area (Å²) >= 11 is 0. The van der Waals surface area contributed by atoms with Crippen LogP contribution in [0.15, 0.2) is 48.5 Å². The molecule has 0 unspecified atom stereocenters. The molecule has 0 spiro atoms. The number of ether oxygens (including phenoxy) is 3. The molecule has 0 aliphatic rings. The monoisotopic (exact) mass is 399 g/mol. The van der Waals surface area contributed by atoms with Crippen molar-refractivity contribution >= 4 is 17.6 Å². The van der Waals surface area contributed by atoms with Crippen LogP contribution < -0.4 is 14.8 Å². The van der Waals surface area contributed by atoms with Crippen molar-refractivity contribution in [3.8, 4) is 11.5 Å². The van der Waals surface area contributed by atoms with Crippen molar-refractivity contribution in [2.24, 2.45) is 0 Å². The second-order valence-electron chi connectivity index (χ2n) is 7.64. The molecule has 2 aromatic carbocycles. The van der Waals surface area contributed by atoms with E-state index in [0.717, 1.165) is 5.75 Å². The summed E-state index contributed by atoms with van der Waals surface area (Å²) in [4.78, 5) is 23.7. The molecule has 0 aliphatic heterocycles. The van der Waals surface area contributed by atoms with Gasteiger partial charge in [-0.25, -0.2) is 0 Å². The highest BCUT2D eigenvalue weighted by atomic mass is 16.5. The van der Waals surface area contributed by atoms with Gasteiger partial charge in [0.2, 0.25) is 0 Å². The standard InChI is InChI=1S/C23H29NO5/c1-23(2,3)17-11-13-18(14-12-17)28-15-7-10-22(26)29-16-21(25)24-19-8-5-6-9-20(19)27-4/h5-6,8-9,11-14H,7,10,15-16H2,1-4H3,(H,24,25). The van der Waals surface area contributed by atoms with Crippen molar-refractivity contribution in [3.63, 3.8) is 0 Å². The van der Waals surface area contributed by atoms with Crippen LogP contribution in [-0.2, 0) is 19.7 Å². The van der Waals surface area contributed by atoms with E-state index < -0.39 is 11.9 Å². The first-order valence-electron chi connectivity index (χ1n) is 9.61. The molecule has 0 saturated carbocycles. The topological polar surface area (TPSA) is 73.9 Å². The Morgan fingerprint density at radius 2 is 1.69 bits per heavy atom. The second-order valence-corrected chi connectivity index (χ2v) is 7.64. The highest BCUT2D eigenvalue weighted by Crippen LogP contribution is 2.24. The normalized spacial score (nSPS) is 10.9. The number of benzene rings is 2. The maximum absolute atomic E-state index is 11.9. The first-order chi connectivity index (χ1) is 13.8. The predicted molar refractivity (Wildman–Crippen MR) is 112 cm³/mol. The number of amides is 1. The SMILES string of the molecule is COc1ccccc1NC(=O)COC(=O)CCCOc1ccc(C(C)(C)C)cc1. The molecule has 0 aromatic heterocycles. The quantitative estimate of drug-likeness (QED) is 0.502. The molecular formula is C23H29NO5. The van der Waals surface area contributed by atoms with E-state index in [-0.39, 0.29) is 18.4 Å². The molecule has 1 amide bonds. The van der Waals surface area contributed by atoms with Crippen molar-refractivity contribution in [3.05, 3.63) is 54.1 Å². The maximum Gasteiger partial charge on any atom is 0.306 e. The Kier molecular flexibility index (Phi) is 8.07. The van der Waals surface area contributed by atoms with Gasteiger partial charge in [0.25, 0.3) is 5.91 Å². The third-order valence-corrected chi connectivity index (χ3v) is 4.26. The van der Waals surface area contributed by atoms with E-state index in [0.29, 0.717) is 24.5 Å². The molecule has 0 bridgehead atoms. The van der Waals surface area contributed by atoms with E-state index in [4.69, 9.17) is 14.2 Å². The van der Waals surface area contributed by atoms with Gasteiger partial charge in [-0.05, 0) is 41.7 Å². The van der Waals surface area contributed by atoms with Gasteiger partial charge >= 0.3 is 5.97 Å². The van der Waals surface area contributed by atoms with Crippen LogP contribution >= 0.6 is 0 Å². The average molecular weight is 399 g/mol. The van der Waals surface area contributed by atoms with E-state index in [1.54, 1.807) is 24.3 Å². The Bertz CT molecular complexity index is 809. The molecular weight excluding hydrogens is 370 g/mol. The number of rotatable bonds is 9. The highest BCUT2D eigenvalue weighted by Gasteiger charge is 2.13. The zero-order chi connectivity index (χ0) is 21.3. The molecule has 0 heterocycles. The van der Waals surface area contributed by atoms with Crippen molar-refractivity contribution in [1.29, 1.82) is 0 Å². The van der Waals surface area contributed by atoms with Gasteiger partial charge in [0.05, 0.1) is 19.4 Å². The Hall–Kier alpha value is -3.02. The summed E-state index contributed by atoms with van der Waals surface area (Å²) in [5, 5.41) is 2.65. The molecule has 29 heavy (non-hydrogen) atoms. The Morgan fingerprint density at radius 1 is 1.00 bits per heavy atom. The first kappa shape index (κ1) is 22.3. The van der Waals surface area contributed by atoms with Gasteiger partial charge < -0.3 is 19.5 Å². The van der Waals surface area contributed by atoms with E-state index >= 15 is 0 Å². The molecule has 0 saturated heterocycles. The van der Waals surface area contributed by atoms with Crippen LogP contribution in [0.2, 0.25) is 0 Å². The summed E-state index contributed by atoms with van der Waals surface area (Å²) in [7, 11) is 1.52. The first-order valence-corrected chi connectivity index (χ1v) is 9.61. The molecule has 2 rings (SSSR count). The van der Waals surface area contributed by atoms with E-state index in [1.807, 2.05) is 24.3 Å². The molecule has 0 radical (unpaired) electrons. The van der Waals surface area contributed by atoms with Crippen molar-refractivity contribution < 1.29 is 23.8 Å². The molecule has 6 nitrogen and oxygen atoms in total. The van der Waals surface area contributed by atoms with Crippen LogP contribution in [0, 0.1) is 0 Å². The zero-order valence-electron chi connectivity index (χ0n) is 17.5. The van der Waals surface area contributed by atoms with Crippen LogP contribution in [0.3, 0.4) is 0 Å². The summed E-state index contributed by atoms with van der Waals surface area (Å²) in [6.07, 6.45) is 0.690. The smallest absolute Gasteiger partial charge is 0.306 e. The molecule has 0 fully saturated rings. The van der Waals surface area contributed by atoms with Gasteiger partial charge in [0.15, 0.2) is 6.61 Å². The summed E-state index contributed by atoms with van der Waals surface area (Å²) in [6, 6.07) is 15.0. The zero-order valence-corrected chi connectivity index (χ0v) is 17.5. The van der Waals surface area contributed by atoms with Crippen molar-refractivity contribution in [1.82, 2.24) is 0 Å². The summed E-state index contributed by atoms with van der Waals surface area (Å²) < 4.78 is 15.8. The van der Waals surface area contributed by atoms with E-state index in [1.165, 1.54) is 12.7 Å². The number of carbonyl (C=O) groups excluding carboxylic acids is 2. The van der Waals surface area contributed by atoms with Gasteiger partial charge in [-0.15, -0.1) is 0 Å². The molecule has 1 N–H and O–H groups in total. The summed E-state index contributed by atoms with van der Waals surface area (Å²) in [6.45, 7) is 6.53. The van der Waals surface area contributed by atoms with Gasteiger partial charge in [-0.1, -0.05) is 45.0 Å². The number of hydrogen-bond donors (Lipinski definition) is 1. The lowest BCUT2D eigenvalue weighted by Crippen LogP contribution is -2.21. The van der Waals surface area contributed by atoms with Crippen LogP contribution in [-0.4, -0.2) is 32.2 Å². The van der Waals surface area contributed by atoms with Crippen LogP contribution in [0.5, 0.6) is 11.5 Å².